The molecule has 0 aliphatic heterocycles. The quantitative estimate of drug-likeness (QED) is 0.267. The molecule has 0 radical (unpaired) electrons. The Bertz CT molecular complexity index is 522. The van der Waals surface area contributed by atoms with Gasteiger partial charge in [0.1, 0.15) is 12.2 Å². The number of carbonyl (C=O) groups excluding carboxylic acids is 5. The maximum absolute atomic E-state index is 11.9. The molecule has 11 nitrogen and oxygen atoms in total. The van der Waals surface area contributed by atoms with E-state index in [0.29, 0.717) is 0 Å². The van der Waals surface area contributed by atoms with Crippen LogP contribution in [0, 0.1) is 0 Å². The van der Waals surface area contributed by atoms with Crippen LogP contribution in [0.1, 0.15) is 70.7 Å². The Morgan fingerprint density at radius 2 is 1.26 bits per heavy atom. The standard InChI is InChI=1S/C14H21NO10.6CH4/c1-9(16)5-14(21,6-10(17)15-2)13(20)25-8-24-12(19)4-11(18)23-7-22-3;;;;;;/h21H,4-8H2,1-3H3,(H,15,17);6*1H4. The third-order valence-electron chi connectivity index (χ3n) is 2.69. The van der Waals surface area contributed by atoms with Crippen LogP contribution in [-0.4, -0.2) is 68.0 Å². The first-order valence-electron chi connectivity index (χ1n) is 7.04. The number of methoxy groups -OCH3 is 1. The number of amides is 1. The van der Waals surface area contributed by atoms with Crippen LogP contribution < -0.4 is 5.32 Å². The van der Waals surface area contributed by atoms with E-state index < -0.39 is 61.3 Å². The molecule has 0 aliphatic carbocycles. The summed E-state index contributed by atoms with van der Waals surface area (Å²) in [6.07, 6.45) is -2.10. The molecule has 0 heterocycles. The van der Waals surface area contributed by atoms with E-state index in [-0.39, 0.29) is 51.4 Å². The molecule has 0 aromatic rings. The molecule has 0 aromatic heterocycles. The molecule has 1 unspecified atom stereocenters. The van der Waals surface area contributed by atoms with Gasteiger partial charge in [-0.15, -0.1) is 0 Å². The number of esters is 3. The summed E-state index contributed by atoms with van der Waals surface area (Å²) in [6, 6.07) is 0. The number of ether oxygens (including phenoxy) is 4. The van der Waals surface area contributed by atoms with Crippen LogP contribution in [0.2, 0.25) is 0 Å². The van der Waals surface area contributed by atoms with Crippen LogP contribution in [0.4, 0.5) is 0 Å². The maximum Gasteiger partial charge on any atom is 0.342 e. The summed E-state index contributed by atoms with van der Waals surface area (Å²) in [5.41, 5.74) is -2.39. The molecule has 0 aliphatic rings. The second kappa shape index (κ2) is 23.7. The summed E-state index contributed by atoms with van der Waals surface area (Å²) < 4.78 is 17.9. The molecule has 31 heavy (non-hydrogen) atoms. The van der Waals surface area contributed by atoms with Crippen LogP contribution in [0.3, 0.4) is 0 Å². The Balaban J connectivity index is -0.000000192. The zero-order valence-corrected chi connectivity index (χ0v) is 14.2. The van der Waals surface area contributed by atoms with E-state index in [1.165, 1.54) is 14.2 Å². The van der Waals surface area contributed by atoms with Gasteiger partial charge in [-0.1, -0.05) is 44.6 Å². The van der Waals surface area contributed by atoms with E-state index in [4.69, 9.17) is 0 Å². The Morgan fingerprint density at radius 3 is 1.65 bits per heavy atom. The molecule has 2 N–H and O–H groups in total. The third kappa shape index (κ3) is 20.5. The molecule has 1 atom stereocenters. The topological polar surface area (TPSA) is 155 Å². The van der Waals surface area contributed by atoms with Crippen molar-refractivity contribution in [3.8, 4) is 0 Å². The largest absolute Gasteiger partial charge is 0.438 e. The molecule has 190 valence electrons. The van der Waals surface area contributed by atoms with Gasteiger partial charge in [-0.3, -0.25) is 19.2 Å². The van der Waals surface area contributed by atoms with Gasteiger partial charge in [0, 0.05) is 20.6 Å². The Labute approximate surface area is 187 Å². The van der Waals surface area contributed by atoms with Gasteiger partial charge in [-0.2, -0.15) is 0 Å². The molecule has 0 saturated heterocycles. The van der Waals surface area contributed by atoms with E-state index in [2.05, 4.69) is 24.3 Å². The average molecular weight is 460 g/mol. The zero-order chi connectivity index (χ0) is 19.5. The Hall–Kier alpha value is -2.53. The second-order valence-corrected chi connectivity index (χ2v) is 4.93. The number of ketones is 1. The van der Waals surface area contributed by atoms with Crippen LogP contribution in [0.5, 0.6) is 0 Å². The van der Waals surface area contributed by atoms with Gasteiger partial charge in [-0.05, 0) is 6.92 Å². The summed E-state index contributed by atoms with van der Waals surface area (Å²) in [6.45, 7) is -0.129. The van der Waals surface area contributed by atoms with Crippen molar-refractivity contribution in [2.24, 2.45) is 0 Å². The molecular formula is C20H45NO10. The molecule has 11 heteroatoms. The van der Waals surface area contributed by atoms with E-state index in [1.807, 2.05) is 0 Å². The number of aliphatic hydroxyl groups is 1. The van der Waals surface area contributed by atoms with Gasteiger partial charge in [-0.25, -0.2) is 4.79 Å². The Kier molecular flexibility index (Phi) is 35.7. The smallest absolute Gasteiger partial charge is 0.342 e. The van der Waals surface area contributed by atoms with Gasteiger partial charge in [0.15, 0.2) is 12.4 Å². The van der Waals surface area contributed by atoms with Crippen molar-refractivity contribution in [1.29, 1.82) is 0 Å². The number of nitrogens with one attached hydrogen (secondary N) is 1. The van der Waals surface area contributed by atoms with Crippen molar-refractivity contribution < 1.29 is 48.0 Å². The number of carbonyl (C=O) groups is 5. The fraction of sp³-hybridized carbons (Fsp3) is 0.750. The van der Waals surface area contributed by atoms with Crippen molar-refractivity contribution in [1.82, 2.24) is 5.32 Å². The Morgan fingerprint density at radius 1 is 0.806 bits per heavy atom. The van der Waals surface area contributed by atoms with Crippen molar-refractivity contribution in [2.45, 2.75) is 76.3 Å². The minimum absolute atomic E-state index is 0. The number of rotatable bonds is 11. The predicted octanol–water partition coefficient (Wildman–Crippen LogP) is 2.23. The number of hydrogen-bond acceptors (Lipinski definition) is 10. The highest BCUT2D eigenvalue weighted by molar-refractivity contribution is 5.93. The van der Waals surface area contributed by atoms with Gasteiger partial charge in [0.2, 0.25) is 12.7 Å². The highest BCUT2D eigenvalue weighted by Crippen LogP contribution is 2.18. The van der Waals surface area contributed by atoms with Gasteiger partial charge in [0.25, 0.3) is 0 Å². The monoisotopic (exact) mass is 459 g/mol. The number of hydrogen-bond donors (Lipinski definition) is 2. The lowest BCUT2D eigenvalue weighted by atomic mass is 9.93. The highest BCUT2D eigenvalue weighted by atomic mass is 16.7. The zero-order valence-electron chi connectivity index (χ0n) is 14.2. The van der Waals surface area contributed by atoms with E-state index >= 15 is 0 Å². The van der Waals surface area contributed by atoms with Gasteiger partial charge >= 0.3 is 17.9 Å². The van der Waals surface area contributed by atoms with Crippen LogP contribution >= 0.6 is 0 Å². The molecule has 0 saturated carbocycles. The first kappa shape index (κ1) is 46.6. The summed E-state index contributed by atoms with van der Waals surface area (Å²) in [7, 11) is 2.57. The van der Waals surface area contributed by atoms with Crippen LogP contribution in [0.25, 0.3) is 0 Å². The first-order chi connectivity index (χ1) is 11.6. The van der Waals surface area contributed by atoms with Crippen molar-refractivity contribution in [3.63, 3.8) is 0 Å². The predicted molar refractivity (Wildman–Crippen MR) is 119 cm³/mol. The minimum atomic E-state index is -2.39. The van der Waals surface area contributed by atoms with Crippen molar-refractivity contribution in [3.05, 3.63) is 0 Å². The molecule has 0 rings (SSSR count). The van der Waals surface area contributed by atoms with Crippen molar-refractivity contribution in [2.75, 3.05) is 27.7 Å². The van der Waals surface area contributed by atoms with Crippen LogP contribution in [0.15, 0.2) is 0 Å². The number of Topliss-reactive ketones (excluding diaryl/α,β-unsaturated/α-hetero) is 1. The molecule has 0 spiro atoms. The fourth-order valence-corrected chi connectivity index (χ4v) is 1.60. The molecular weight excluding hydrogens is 414 g/mol. The first-order valence-corrected chi connectivity index (χ1v) is 7.04. The van der Waals surface area contributed by atoms with Crippen LogP contribution in [-0.2, 0) is 42.9 Å². The maximum atomic E-state index is 11.9. The molecule has 1 amide bonds. The SMILES string of the molecule is C.C.C.C.C.C.CNC(=O)CC(O)(CC(C)=O)C(=O)OCOC(=O)CC(=O)OCOC. The van der Waals surface area contributed by atoms with Gasteiger partial charge < -0.3 is 29.4 Å². The van der Waals surface area contributed by atoms with E-state index in [9.17, 15) is 29.1 Å². The van der Waals surface area contributed by atoms with Gasteiger partial charge in [0.05, 0.1) is 6.42 Å². The van der Waals surface area contributed by atoms with E-state index in [0.717, 1.165) is 6.92 Å². The normalized spacial score (nSPS) is 10.1. The summed E-state index contributed by atoms with van der Waals surface area (Å²) >= 11 is 0. The molecule has 0 bridgehead atoms. The van der Waals surface area contributed by atoms with Crippen molar-refractivity contribution >= 4 is 29.6 Å². The lowest BCUT2D eigenvalue weighted by Crippen LogP contribution is -2.45. The summed E-state index contributed by atoms with van der Waals surface area (Å²) in [4.78, 5) is 56.9. The average Bonchev–Trinajstić information content (AvgIpc) is 2.51. The minimum Gasteiger partial charge on any atom is -0.438 e. The summed E-state index contributed by atoms with van der Waals surface area (Å²) in [5, 5.41) is 12.4. The lowest BCUT2D eigenvalue weighted by Gasteiger charge is -2.23. The highest BCUT2D eigenvalue weighted by Gasteiger charge is 2.41. The third-order valence-corrected chi connectivity index (χ3v) is 2.69. The second-order valence-electron chi connectivity index (χ2n) is 4.93. The lowest BCUT2D eigenvalue weighted by molar-refractivity contribution is -0.185. The molecule has 0 aromatic carbocycles. The molecule has 0 fully saturated rings. The van der Waals surface area contributed by atoms with E-state index in [1.54, 1.807) is 0 Å². The fourth-order valence-electron chi connectivity index (χ4n) is 1.60. The summed E-state index contributed by atoms with van der Waals surface area (Å²) in [5.74, 6) is -4.53.